The van der Waals surface area contributed by atoms with Crippen molar-refractivity contribution in [1.82, 2.24) is 0 Å². The summed E-state index contributed by atoms with van der Waals surface area (Å²) in [4.78, 5) is 12.9. The SMILES string of the molecule is CCCCNc1cc(NC(=O)C2(C(F)(F)F)C=CC(c3ccccc3Cl)=CC2)ccc1O. The number of nitrogens with one attached hydrogen (secondary N) is 2. The number of phenolic OH excluding ortho intramolecular Hbond substituents is 1. The maximum Gasteiger partial charge on any atom is 0.406 e. The second-order valence-corrected chi connectivity index (χ2v) is 8.02. The monoisotopic (exact) mass is 464 g/mol. The van der Waals surface area contributed by atoms with Crippen molar-refractivity contribution in [2.24, 2.45) is 5.41 Å². The van der Waals surface area contributed by atoms with Crippen LogP contribution >= 0.6 is 11.6 Å². The maximum absolute atomic E-state index is 14.1. The molecule has 32 heavy (non-hydrogen) atoms. The Balaban J connectivity index is 1.84. The number of aromatic hydroxyl groups is 1. The van der Waals surface area contributed by atoms with Crippen LogP contribution in [0.15, 0.2) is 60.7 Å². The largest absolute Gasteiger partial charge is 0.506 e. The van der Waals surface area contributed by atoms with E-state index in [1.807, 2.05) is 6.92 Å². The third kappa shape index (κ3) is 4.93. The lowest BCUT2D eigenvalue weighted by atomic mass is 9.77. The highest BCUT2D eigenvalue weighted by Gasteiger charge is 2.58. The van der Waals surface area contributed by atoms with Gasteiger partial charge in [0.1, 0.15) is 5.75 Å². The number of allylic oxidation sites excluding steroid dienone is 3. The summed E-state index contributed by atoms with van der Waals surface area (Å²) in [7, 11) is 0. The first kappa shape index (κ1) is 23.7. The first-order chi connectivity index (χ1) is 15.2. The second kappa shape index (κ2) is 9.69. The van der Waals surface area contributed by atoms with Crippen molar-refractivity contribution in [3.05, 3.63) is 71.3 Å². The lowest BCUT2D eigenvalue weighted by Gasteiger charge is -2.33. The van der Waals surface area contributed by atoms with Crippen LogP contribution in [0.25, 0.3) is 5.57 Å². The van der Waals surface area contributed by atoms with E-state index in [4.69, 9.17) is 11.6 Å². The van der Waals surface area contributed by atoms with E-state index >= 15 is 0 Å². The number of rotatable bonds is 7. The van der Waals surface area contributed by atoms with Crippen molar-refractivity contribution in [2.45, 2.75) is 32.4 Å². The van der Waals surface area contributed by atoms with Gasteiger partial charge >= 0.3 is 6.18 Å². The lowest BCUT2D eigenvalue weighted by Crippen LogP contribution is -2.47. The van der Waals surface area contributed by atoms with Crippen LogP contribution in [0, 0.1) is 5.41 Å². The molecular formula is C24H24ClF3N2O2. The van der Waals surface area contributed by atoms with Gasteiger partial charge in [-0.2, -0.15) is 13.2 Å². The van der Waals surface area contributed by atoms with Crippen LogP contribution < -0.4 is 10.6 Å². The Labute approximate surface area is 189 Å². The van der Waals surface area contributed by atoms with Gasteiger partial charge in [0, 0.05) is 17.3 Å². The Bertz CT molecular complexity index is 1050. The molecule has 1 aliphatic rings. The molecule has 0 saturated heterocycles. The predicted molar refractivity (Wildman–Crippen MR) is 122 cm³/mol. The Hall–Kier alpha value is -2.93. The number of alkyl halides is 3. The summed E-state index contributed by atoms with van der Waals surface area (Å²) in [5.74, 6) is -1.24. The van der Waals surface area contributed by atoms with Crippen LogP contribution in [0.2, 0.25) is 5.02 Å². The summed E-state index contributed by atoms with van der Waals surface area (Å²) in [6.07, 6.45) is -0.0161. The van der Waals surface area contributed by atoms with E-state index in [9.17, 15) is 23.1 Å². The minimum Gasteiger partial charge on any atom is -0.506 e. The van der Waals surface area contributed by atoms with E-state index in [0.29, 0.717) is 28.4 Å². The zero-order chi connectivity index (χ0) is 23.4. The minimum absolute atomic E-state index is 0.0467. The highest BCUT2D eigenvalue weighted by Crippen LogP contribution is 2.47. The van der Waals surface area contributed by atoms with E-state index in [1.165, 1.54) is 30.4 Å². The van der Waals surface area contributed by atoms with Gasteiger partial charge in [-0.15, -0.1) is 0 Å². The van der Waals surface area contributed by atoms with Crippen molar-refractivity contribution in [3.8, 4) is 5.75 Å². The highest BCUT2D eigenvalue weighted by molar-refractivity contribution is 6.32. The average molecular weight is 465 g/mol. The number of amides is 1. The van der Waals surface area contributed by atoms with Crippen molar-refractivity contribution in [2.75, 3.05) is 17.2 Å². The molecule has 0 fully saturated rings. The lowest BCUT2D eigenvalue weighted by molar-refractivity contribution is -0.203. The number of unbranched alkanes of at least 4 members (excludes halogenated alkanes) is 1. The number of carbonyl (C=O) groups is 1. The third-order valence-electron chi connectivity index (χ3n) is 5.39. The molecule has 0 heterocycles. The van der Waals surface area contributed by atoms with Gasteiger partial charge < -0.3 is 15.7 Å². The van der Waals surface area contributed by atoms with Gasteiger partial charge in [-0.05, 0) is 48.2 Å². The highest BCUT2D eigenvalue weighted by atomic mass is 35.5. The fraction of sp³-hybridized carbons (Fsp3) is 0.292. The number of halogens is 4. The number of phenols is 1. The molecule has 1 atom stereocenters. The smallest absolute Gasteiger partial charge is 0.406 e. The molecule has 1 aliphatic carbocycles. The summed E-state index contributed by atoms with van der Waals surface area (Å²) < 4.78 is 42.3. The van der Waals surface area contributed by atoms with Crippen LogP contribution in [0.3, 0.4) is 0 Å². The van der Waals surface area contributed by atoms with Gasteiger partial charge in [-0.3, -0.25) is 4.79 Å². The number of hydrogen-bond acceptors (Lipinski definition) is 3. The van der Waals surface area contributed by atoms with Gasteiger partial charge in [-0.25, -0.2) is 0 Å². The van der Waals surface area contributed by atoms with Crippen LogP contribution in [-0.4, -0.2) is 23.7 Å². The summed E-state index contributed by atoms with van der Waals surface area (Å²) in [5, 5.41) is 15.8. The number of hydrogen-bond donors (Lipinski definition) is 3. The van der Waals surface area contributed by atoms with Crippen LogP contribution in [0.5, 0.6) is 5.75 Å². The standard InChI is InChI=1S/C24H24ClF3N2O2/c1-2-3-14-29-20-15-17(8-9-21(20)31)30-22(32)23(24(26,27)28)12-10-16(11-13-23)18-6-4-5-7-19(18)25/h4-12,15,29,31H,2-3,13-14H2,1H3,(H,30,32). The minimum atomic E-state index is -4.81. The molecule has 0 spiro atoms. The molecule has 0 radical (unpaired) electrons. The van der Waals surface area contributed by atoms with Crippen LogP contribution in [0.1, 0.15) is 31.7 Å². The molecule has 4 nitrogen and oxygen atoms in total. The zero-order valence-corrected chi connectivity index (χ0v) is 18.2. The van der Waals surface area contributed by atoms with Gasteiger partial charge in [0.25, 0.3) is 0 Å². The summed E-state index contributed by atoms with van der Waals surface area (Å²) in [5.41, 5.74) is -1.09. The van der Waals surface area contributed by atoms with Crippen LogP contribution in [-0.2, 0) is 4.79 Å². The molecule has 3 N–H and O–H groups in total. The Morgan fingerprint density at radius 3 is 2.59 bits per heavy atom. The number of carbonyl (C=O) groups excluding carboxylic acids is 1. The van der Waals surface area contributed by atoms with E-state index in [0.717, 1.165) is 18.9 Å². The molecule has 170 valence electrons. The molecule has 1 unspecified atom stereocenters. The Morgan fingerprint density at radius 2 is 1.97 bits per heavy atom. The molecule has 0 aromatic heterocycles. The Kier molecular flexibility index (Phi) is 7.19. The molecule has 2 aromatic rings. The molecule has 8 heteroatoms. The third-order valence-corrected chi connectivity index (χ3v) is 5.72. The van der Waals surface area contributed by atoms with Crippen molar-refractivity contribution in [3.63, 3.8) is 0 Å². The molecule has 0 saturated carbocycles. The van der Waals surface area contributed by atoms with Crippen molar-refractivity contribution >= 4 is 34.5 Å². The van der Waals surface area contributed by atoms with Crippen molar-refractivity contribution < 1.29 is 23.1 Å². The maximum atomic E-state index is 14.1. The molecule has 0 aliphatic heterocycles. The van der Waals surface area contributed by atoms with Gasteiger partial charge in [0.2, 0.25) is 5.91 Å². The fourth-order valence-electron chi connectivity index (χ4n) is 3.44. The van der Waals surface area contributed by atoms with E-state index in [2.05, 4.69) is 10.6 Å². The predicted octanol–water partition coefficient (Wildman–Crippen LogP) is 6.79. The first-order valence-electron chi connectivity index (χ1n) is 10.3. The Morgan fingerprint density at radius 1 is 1.22 bits per heavy atom. The zero-order valence-electron chi connectivity index (χ0n) is 17.5. The van der Waals surface area contributed by atoms with E-state index < -0.39 is 23.9 Å². The molecule has 0 bridgehead atoms. The van der Waals surface area contributed by atoms with Gasteiger partial charge in [0.05, 0.1) is 5.69 Å². The molecule has 2 aromatic carbocycles. The van der Waals surface area contributed by atoms with E-state index in [1.54, 1.807) is 24.3 Å². The quantitative estimate of drug-likeness (QED) is 0.240. The normalized spacial score (nSPS) is 18.2. The number of anilines is 2. The molecular weight excluding hydrogens is 441 g/mol. The molecule has 3 rings (SSSR count). The summed E-state index contributed by atoms with van der Waals surface area (Å²) in [6, 6.07) is 10.9. The topological polar surface area (TPSA) is 61.4 Å². The summed E-state index contributed by atoms with van der Waals surface area (Å²) in [6.45, 7) is 2.60. The fourth-order valence-corrected chi connectivity index (χ4v) is 3.68. The average Bonchev–Trinajstić information content (AvgIpc) is 2.75. The molecule has 1 amide bonds. The van der Waals surface area contributed by atoms with Gasteiger partial charge in [-0.1, -0.05) is 61.4 Å². The second-order valence-electron chi connectivity index (χ2n) is 7.61. The van der Waals surface area contributed by atoms with Crippen molar-refractivity contribution in [1.29, 1.82) is 0 Å². The first-order valence-corrected chi connectivity index (χ1v) is 10.6. The summed E-state index contributed by atoms with van der Waals surface area (Å²) >= 11 is 6.16. The van der Waals surface area contributed by atoms with E-state index in [-0.39, 0.29) is 11.4 Å². The number of benzene rings is 2. The van der Waals surface area contributed by atoms with Gasteiger partial charge in [0.15, 0.2) is 5.41 Å². The van der Waals surface area contributed by atoms with Crippen LogP contribution in [0.4, 0.5) is 24.5 Å².